The summed E-state index contributed by atoms with van der Waals surface area (Å²) in [5.41, 5.74) is 1.15. The second-order valence-electron chi connectivity index (χ2n) is 6.46. The first kappa shape index (κ1) is 14.1. The van der Waals surface area contributed by atoms with E-state index in [-0.39, 0.29) is 0 Å². The van der Waals surface area contributed by atoms with Crippen molar-refractivity contribution < 1.29 is 4.79 Å². The fourth-order valence-electron chi connectivity index (χ4n) is 3.52. The molecule has 1 aromatic heterocycles. The third kappa shape index (κ3) is 2.78. The molecule has 0 N–H and O–H groups in total. The van der Waals surface area contributed by atoms with Gasteiger partial charge in [0.05, 0.1) is 4.88 Å². The van der Waals surface area contributed by atoms with Gasteiger partial charge in [-0.05, 0) is 68.4 Å². The Morgan fingerprint density at radius 2 is 1.80 bits per heavy atom. The van der Waals surface area contributed by atoms with E-state index in [9.17, 15) is 4.79 Å². The minimum absolute atomic E-state index is 0.306. The molecule has 0 atom stereocenters. The lowest BCUT2D eigenvalue weighted by atomic mass is 9.83. The Balaban J connectivity index is 1.73. The molecule has 20 heavy (non-hydrogen) atoms. The van der Waals surface area contributed by atoms with Gasteiger partial charge in [-0.15, -0.1) is 11.3 Å². The summed E-state index contributed by atoms with van der Waals surface area (Å²) < 4.78 is 0. The number of carbonyl (C=O) groups is 1. The van der Waals surface area contributed by atoms with E-state index in [0.717, 1.165) is 16.4 Å². The van der Waals surface area contributed by atoms with Gasteiger partial charge in [-0.25, -0.2) is 0 Å². The molecule has 3 rings (SSSR count). The Labute approximate surface area is 126 Å². The molecule has 0 spiro atoms. The molecule has 2 aliphatic rings. The first-order valence-electron chi connectivity index (χ1n) is 8.07. The van der Waals surface area contributed by atoms with Crippen LogP contribution < -0.4 is 0 Å². The van der Waals surface area contributed by atoms with Crippen LogP contribution in [0.2, 0.25) is 0 Å². The summed E-state index contributed by atoms with van der Waals surface area (Å²) in [6.45, 7) is 4.35. The number of nitrogens with zero attached hydrogens (tertiary/aromatic N) is 1. The largest absolute Gasteiger partial charge is 0.332 e. The fraction of sp³-hybridized carbons (Fsp3) is 0.706. The number of amides is 1. The Bertz CT molecular complexity index is 469. The van der Waals surface area contributed by atoms with Crippen molar-refractivity contribution in [2.45, 2.75) is 70.9 Å². The zero-order chi connectivity index (χ0) is 14.1. The predicted molar refractivity (Wildman–Crippen MR) is 84.3 cm³/mol. The van der Waals surface area contributed by atoms with Gasteiger partial charge in [0.2, 0.25) is 0 Å². The van der Waals surface area contributed by atoms with Crippen LogP contribution >= 0.6 is 11.3 Å². The van der Waals surface area contributed by atoms with Crippen LogP contribution in [0.15, 0.2) is 11.4 Å². The topological polar surface area (TPSA) is 20.3 Å². The van der Waals surface area contributed by atoms with Gasteiger partial charge in [-0.1, -0.05) is 13.3 Å². The third-order valence-corrected chi connectivity index (χ3v) is 6.02. The first-order chi connectivity index (χ1) is 9.70. The molecule has 0 aromatic carbocycles. The lowest BCUT2D eigenvalue weighted by Gasteiger charge is -2.37. The molecular weight excluding hydrogens is 266 g/mol. The molecule has 1 heterocycles. The molecule has 0 saturated heterocycles. The Morgan fingerprint density at radius 3 is 2.25 bits per heavy atom. The molecule has 0 aliphatic heterocycles. The third-order valence-electron chi connectivity index (χ3n) is 5.02. The van der Waals surface area contributed by atoms with E-state index < -0.39 is 0 Å². The summed E-state index contributed by atoms with van der Waals surface area (Å²) in [6, 6.07) is 3.10. The van der Waals surface area contributed by atoms with Crippen molar-refractivity contribution in [3.05, 3.63) is 21.9 Å². The van der Waals surface area contributed by atoms with Gasteiger partial charge in [0, 0.05) is 12.1 Å². The van der Waals surface area contributed by atoms with Crippen LogP contribution in [0, 0.1) is 12.8 Å². The van der Waals surface area contributed by atoms with E-state index in [1.54, 1.807) is 11.3 Å². The number of thiophene rings is 1. The lowest BCUT2D eigenvalue weighted by molar-refractivity contribution is 0.0591. The van der Waals surface area contributed by atoms with Crippen molar-refractivity contribution in [1.82, 2.24) is 4.90 Å². The van der Waals surface area contributed by atoms with Crippen molar-refractivity contribution in [3.63, 3.8) is 0 Å². The summed E-state index contributed by atoms with van der Waals surface area (Å²) in [7, 11) is 0. The zero-order valence-electron chi connectivity index (χ0n) is 12.6. The molecule has 0 bridgehead atoms. The number of rotatable bonds is 4. The van der Waals surface area contributed by atoms with Gasteiger partial charge in [0.25, 0.3) is 5.91 Å². The fourth-order valence-corrected chi connectivity index (χ4v) is 4.39. The standard InChI is InChI=1S/C17H25NOS/c1-3-13-4-6-14(7-5-13)18(15-8-9-15)17(19)16-12(2)10-11-20-16/h10-11,13-15H,3-9H2,1-2H3. The quantitative estimate of drug-likeness (QED) is 0.792. The highest BCUT2D eigenvalue weighted by Gasteiger charge is 2.39. The van der Waals surface area contributed by atoms with Crippen LogP contribution in [0.25, 0.3) is 0 Å². The van der Waals surface area contributed by atoms with Crippen LogP contribution in [0.5, 0.6) is 0 Å². The van der Waals surface area contributed by atoms with Crippen molar-refractivity contribution in [2.24, 2.45) is 5.92 Å². The number of carbonyl (C=O) groups excluding carboxylic acids is 1. The molecule has 3 heteroatoms. The summed E-state index contributed by atoms with van der Waals surface area (Å²) in [6.07, 6.45) is 8.76. The Kier molecular flexibility index (Phi) is 4.16. The van der Waals surface area contributed by atoms with Crippen molar-refractivity contribution in [1.29, 1.82) is 0 Å². The first-order valence-corrected chi connectivity index (χ1v) is 8.95. The van der Waals surface area contributed by atoms with Gasteiger partial charge in [-0.2, -0.15) is 0 Å². The molecule has 2 saturated carbocycles. The summed E-state index contributed by atoms with van der Waals surface area (Å²) in [5.74, 6) is 1.20. The van der Waals surface area contributed by atoms with Crippen LogP contribution in [-0.4, -0.2) is 22.9 Å². The highest BCUT2D eigenvalue weighted by molar-refractivity contribution is 7.12. The maximum absolute atomic E-state index is 12.9. The smallest absolute Gasteiger partial charge is 0.264 e. The van der Waals surface area contributed by atoms with Crippen molar-refractivity contribution in [3.8, 4) is 0 Å². The van der Waals surface area contributed by atoms with Crippen LogP contribution in [-0.2, 0) is 0 Å². The average Bonchev–Trinajstić information content (AvgIpc) is 3.20. The molecule has 2 fully saturated rings. The predicted octanol–water partition coefficient (Wildman–Crippen LogP) is 4.63. The van der Waals surface area contributed by atoms with Gasteiger partial charge in [0.15, 0.2) is 0 Å². The maximum atomic E-state index is 12.9. The molecule has 110 valence electrons. The Hall–Kier alpha value is -0.830. The van der Waals surface area contributed by atoms with Gasteiger partial charge in [-0.3, -0.25) is 4.79 Å². The van der Waals surface area contributed by atoms with Gasteiger partial charge < -0.3 is 4.90 Å². The average molecular weight is 291 g/mol. The summed E-state index contributed by atoms with van der Waals surface area (Å²) >= 11 is 1.61. The molecule has 0 unspecified atom stereocenters. The second kappa shape index (κ2) is 5.88. The molecule has 1 aromatic rings. The number of hydrogen-bond donors (Lipinski definition) is 0. The van der Waals surface area contributed by atoms with E-state index >= 15 is 0 Å². The minimum Gasteiger partial charge on any atom is -0.332 e. The minimum atomic E-state index is 0.306. The molecular formula is C17H25NOS. The van der Waals surface area contributed by atoms with E-state index in [2.05, 4.69) is 24.8 Å². The van der Waals surface area contributed by atoms with E-state index in [1.165, 1.54) is 44.9 Å². The monoisotopic (exact) mass is 291 g/mol. The van der Waals surface area contributed by atoms with Crippen LogP contribution in [0.1, 0.15) is 67.1 Å². The summed E-state index contributed by atoms with van der Waals surface area (Å²) in [4.78, 5) is 16.1. The van der Waals surface area contributed by atoms with Crippen LogP contribution in [0.3, 0.4) is 0 Å². The normalized spacial score (nSPS) is 26.5. The lowest BCUT2D eigenvalue weighted by Crippen LogP contribution is -2.43. The maximum Gasteiger partial charge on any atom is 0.264 e. The number of aryl methyl sites for hydroxylation is 1. The Morgan fingerprint density at radius 1 is 1.20 bits per heavy atom. The van der Waals surface area contributed by atoms with Crippen molar-refractivity contribution >= 4 is 17.2 Å². The molecule has 1 amide bonds. The van der Waals surface area contributed by atoms with E-state index in [4.69, 9.17) is 0 Å². The highest BCUT2D eigenvalue weighted by Crippen LogP contribution is 2.37. The van der Waals surface area contributed by atoms with E-state index in [0.29, 0.717) is 18.0 Å². The summed E-state index contributed by atoms with van der Waals surface area (Å²) in [5, 5.41) is 2.04. The van der Waals surface area contributed by atoms with Crippen molar-refractivity contribution in [2.75, 3.05) is 0 Å². The highest BCUT2D eigenvalue weighted by atomic mass is 32.1. The second-order valence-corrected chi connectivity index (χ2v) is 7.38. The number of hydrogen-bond acceptors (Lipinski definition) is 2. The van der Waals surface area contributed by atoms with Crippen LogP contribution in [0.4, 0.5) is 0 Å². The van der Waals surface area contributed by atoms with Gasteiger partial charge in [0.1, 0.15) is 0 Å². The van der Waals surface area contributed by atoms with Gasteiger partial charge >= 0.3 is 0 Å². The molecule has 0 radical (unpaired) electrons. The zero-order valence-corrected chi connectivity index (χ0v) is 13.4. The molecule has 2 nitrogen and oxygen atoms in total. The van der Waals surface area contributed by atoms with E-state index in [1.807, 2.05) is 5.38 Å². The molecule has 2 aliphatic carbocycles. The SMILES string of the molecule is CCC1CCC(N(C(=O)c2sccc2C)C2CC2)CC1.